The molecule has 0 N–H and O–H groups in total. The average Bonchev–Trinajstić information content (AvgIpc) is 2.83. The zero-order valence-corrected chi connectivity index (χ0v) is 9.22. The van der Waals surface area contributed by atoms with Crippen molar-refractivity contribution in [3.05, 3.63) is 60.0 Å². The first-order valence-corrected chi connectivity index (χ1v) is 5.40. The number of benzene rings is 1. The fourth-order valence-corrected chi connectivity index (χ4v) is 2.04. The van der Waals surface area contributed by atoms with Gasteiger partial charge in [-0.3, -0.25) is 4.98 Å². The Morgan fingerprint density at radius 1 is 1.00 bits per heavy atom. The zero-order valence-electron chi connectivity index (χ0n) is 8.47. The Morgan fingerprint density at radius 3 is 2.62 bits per heavy atom. The van der Waals surface area contributed by atoms with Crippen LogP contribution in [0.25, 0.3) is 16.6 Å². The quantitative estimate of drug-likeness (QED) is 0.621. The smallest absolute Gasteiger partial charge is 0.0956 e. The molecule has 0 spiro atoms. The molecule has 0 fully saturated rings. The number of nitrogens with zero attached hydrogens (tertiary/aromatic N) is 2. The highest BCUT2D eigenvalue weighted by atomic mass is 35.5. The number of hydrogen-bond donors (Lipinski definition) is 0. The van der Waals surface area contributed by atoms with Gasteiger partial charge in [-0.1, -0.05) is 11.6 Å². The highest BCUT2D eigenvalue weighted by Crippen LogP contribution is 2.26. The Kier molecular flexibility index (Phi) is 2.15. The summed E-state index contributed by atoms with van der Waals surface area (Å²) < 4.78 is 2.03. The van der Waals surface area contributed by atoms with Gasteiger partial charge in [0.25, 0.3) is 0 Å². The molecule has 3 aromatic rings. The van der Waals surface area contributed by atoms with E-state index in [0.29, 0.717) is 0 Å². The van der Waals surface area contributed by atoms with E-state index < -0.39 is 0 Å². The van der Waals surface area contributed by atoms with Gasteiger partial charge in [0.1, 0.15) is 0 Å². The molecule has 0 unspecified atom stereocenters. The molecule has 78 valence electrons. The summed E-state index contributed by atoms with van der Waals surface area (Å²) in [6.45, 7) is 0. The van der Waals surface area contributed by atoms with Gasteiger partial charge in [0.15, 0.2) is 0 Å². The molecule has 0 aliphatic heterocycles. The summed E-state index contributed by atoms with van der Waals surface area (Å²) in [6.07, 6.45) is 5.78. The molecular weight excluding hydrogens is 220 g/mol. The number of hydrogen-bond acceptors (Lipinski definition) is 1. The van der Waals surface area contributed by atoms with Crippen molar-refractivity contribution in [3.63, 3.8) is 0 Å². The lowest BCUT2D eigenvalue weighted by molar-refractivity contribution is 1.09. The molecule has 2 heterocycles. The summed E-state index contributed by atoms with van der Waals surface area (Å²) >= 11 is 6.14. The van der Waals surface area contributed by atoms with Gasteiger partial charge in [-0.2, -0.15) is 0 Å². The predicted octanol–water partition coefficient (Wildman–Crippen LogP) is 3.68. The van der Waals surface area contributed by atoms with Crippen LogP contribution in [0.15, 0.2) is 55.0 Å². The molecule has 0 radical (unpaired) electrons. The third kappa shape index (κ3) is 1.39. The predicted molar refractivity (Wildman–Crippen MR) is 66.1 cm³/mol. The third-order valence-electron chi connectivity index (χ3n) is 2.58. The molecule has 1 aromatic carbocycles. The maximum Gasteiger partial charge on any atom is 0.0956 e. The molecule has 0 saturated heterocycles. The molecule has 3 rings (SSSR count). The minimum Gasteiger partial charge on any atom is -0.322 e. The molecule has 0 saturated carbocycles. The Hall–Kier alpha value is -1.80. The number of fused-ring (bicyclic) bond motifs is 1. The van der Waals surface area contributed by atoms with Crippen LogP contribution in [-0.4, -0.2) is 9.55 Å². The van der Waals surface area contributed by atoms with Crippen LogP contribution < -0.4 is 0 Å². The third-order valence-corrected chi connectivity index (χ3v) is 2.91. The van der Waals surface area contributed by atoms with Crippen LogP contribution in [0.2, 0.25) is 5.02 Å². The fraction of sp³-hybridized carbons (Fsp3) is 0. The summed E-state index contributed by atoms with van der Waals surface area (Å²) in [4.78, 5) is 4.39. The van der Waals surface area contributed by atoms with E-state index in [1.165, 1.54) is 0 Å². The molecule has 2 nitrogen and oxygen atoms in total. The van der Waals surface area contributed by atoms with Gasteiger partial charge in [-0.25, -0.2) is 0 Å². The van der Waals surface area contributed by atoms with Crippen molar-refractivity contribution in [2.45, 2.75) is 0 Å². The van der Waals surface area contributed by atoms with Gasteiger partial charge in [-0.15, -0.1) is 0 Å². The second-order valence-electron chi connectivity index (χ2n) is 3.56. The highest BCUT2D eigenvalue weighted by Gasteiger charge is 2.05. The Bertz CT molecular complexity index is 629. The summed E-state index contributed by atoms with van der Waals surface area (Å²) in [7, 11) is 0. The van der Waals surface area contributed by atoms with E-state index in [2.05, 4.69) is 4.98 Å². The van der Waals surface area contributed by atoms with Crippen LogP contribution in [0.4, 0.5) is 0 Å². The van der Waals surface area contributed by atoms with Crippen molar-refractivity contribution in [2.24, 2.45) is 0 Å². The molecule has 16 heavy (non-hydrogen) atoms. The van der Waals surface area contributed by atoms with Gasteiger partial charge in [-0.05, 0) is 36.4 Å². The lowest BCUT2D eigenvalue weighted by Crippen LogP contribution is -1.93. The monoisotopic (exact) mass is 228 g/mol. The van der Waals surface area contributed by atoms with Gasteiger partial charge >= 0.3 is 0 Å². The first-order chi connectivity index (χ1) is 7.86. The van der Waals surface area contributed by atoms with Crippen LogP contribution in [0.1, 0.15) is 0 Å². The second kappa shape index (κ2) is 3.65. The second-order valence-corrected chi connectivity index (χ2v) is 3.96. The van der Waals surface area contributed by atoms with Crippen molar-refractivity contribution < 1.29 is 0 Å². The normalized spacial score (nSPS) is 10.8. The molecule has 0 amide bonds. The van der Waals surface area contributed by atoms with Gasteiger partial charge in [0.05, 0.1) is 16.2 Å². The molecule has 3 heteroatoms. The summed E-state index contributed by atoms with van der Waals surface area (Å²) in [5, 5.41) is 1.72. The van der Waals surface area contributed by atoms with E-state index in [4.69, 9.17) is 11.6 Å². The molecular formula is C13H9ClN2. The van der Waals surface area contributed by atoms with Crippen molar-refractivity contribution in [1.29, 1.82) is 0 Å². The lowest BCUT2D eigenvalue weighted by atomic mass is 10.2. The zero-order chi connectivity index (χ0) is 11.0. The van der Waals surface area contributed by atoms with Gasteiger partial charge in [0.2, 0.25) is 0 Å². The summed E-state index contributed by atoms with van der Waals surface area (Å²) in [6, 6.07) is 11.7. The van der Waals surface area contributed by atoms with Gasteiger partial charge < -0.3 is 4.57 Å². The molecule has 2 aromatic heterocycles. The first kappa shape index (κ1) is 9.43. The van der Waals surface area contributed by atoms with E-state index >= 15 is 0 Å². The van der Waals surface area contributed by atoms with E-state index in [-0.39, 0.29) is 0 Å². The fourth-order valence-electron chi connectivity index (χ4n) is 1.83. The van der Waals surface area contributed by atoms with E-state index in [1.807, 2.05) is 53.4 Å². The lowest BCUT2D eigenvalue weighted by Gasteiger charge is -2.07. The van der Waals surface area contributed by atoms with Crippen LogP contribution in [0, 0.1) is 0 Å². The summed E-state index contributed by atoms with van der Waals surface area (Å²) in [5.41, 5.74) is 1.97. The Labute approximate surface area is 98.1 Å². The Morgan fingerprint density at radius 2 is 1.81 bits per heavy atom. The standard InChI is InChI=1S/C13H9ClN2/c14-11-5-6-12(16-8-1-2-9-16)13-10(11)4-3-7-15-13/h1-9H. The van der Waals surface area contributed by atoms with Crippen molar-refractivity contribution in [3.8, 4) is 5.69 Å². The number of aromatic nitrogens is 2. The average molecular weight is 229 g/mol. The minimum absolute atomic E-state index is 0.735. The minimum atomic E-state index is 0.735. The number of halogens is 1. The van der Waals surface area contributed by atoms with Crippen molar-refractivity contribution in [1.82, 2.24) is 9.55 Å². The van der Waals surface area contributed by atoms with Crippen LogP contribution in [-0.2, 0) is 0 Å². The van der Waals surface area contributed by atoms with Crippen LogP contribution in [0.3, 0.4) is 0 Å². The number of pyridine rings is 1. The van der Waals surface area contributed by atoms with Crippen LogP contribution >= 0.6 is 11.6 Å². The van der Waals surface area contributed by atoms with E-state index in [0.717, 1.165) is 21.6 Å². The van der Waals surface area contributed by atoms with Crippen LogP contribution in [0.5, 0.6) is 0 Å². The molecule has 0 bridgehead atoms. The SMILES string of the molecule is Clc1ccc(-n2cccc2)c2ncccc12. The number of rotatable bonds is 1. The van der Waals surface area contributed by atoms with E-state index in [9.17, 15) is 0 Å². The molecule has 0 atom stereocenters. The molecule has 0 aliphatic rings. The largest absolute Gasteiger partial charge is 0.322 e. The first-order valence-electron chi connectivity index (χ1n) is 5.03. The van der Waals surface area contributed by atoms with Gasteiger partial charge in [0, 0.05) is 24.0 Å². The molecule has 0 aliphatic carbocycles. The summed E-state index contributed by atoms with van der Waals surface area (Å²) in [5.74, 6) is 0. The highest BCUT2D eigenvalue weighted by molar-refractivity contribution is 6.35. The Balaban J connectivity index is 2.39. The van der Waals surface area contributed by atoms with Crippen molar-refractivity contribution in [2.75, 3.05) is 0 Å². The topological polar surface area (TPSA) is 17.8 Å². The maximum absolute atomic E-state index is 6.14. The maximum atomic E-state index is 6.14. The van der Waals surface area contributed by atoms with E-state index in [1.54, 1.807) is 6.20 Å². The van der Waals surface area contributed by atoms with Crippen molar-refractivity contribution >= 4 is 22.5 Å².